The molecule has 0 aliphatic rings. The topological polar surface area (TPSA) is 12.9 Å². The van der Waals surface area contributed by atoms with Gasteiger partial charge in [0.25, 0.3) is 0 Å². The van der Waals surface area contributed by atoms with Gasteiger partial charge in [-0.25, -0.2) is 4.98 Å². The van der Waals surface area contributed by atoms with Gasteiger partial charge in [0, 0.05) is 5.69 Å². The van der Waals surface area contributed by atoms with Gasteiger partial charge in [-0.15, -0.1) is 0 Å². The van der Waals surface area contributed by atoms with E-state index in [2.05, 4.69) is 11.6 Å². The molecule has 0 saturated heterocycles. The van der Waals surface area contributed by atoms with Crippen molar-refractivity contribution in [1.29, 1.82) is 0 Å². The van der Waals surface area contributed by atoms with Crippen LogP contribution < -0.4 is 0 Å². The number of aryl methyl sites for hydroxylation is 1. The van der Waals surface area contributed by atoms with E-state index in [0.717, 1.165) is 22.4 Å². The van der Waals surface area contributed by atoms with Gasteiger partial charge >= 0.3 is 0 Å². The molecule has 0 N–H and O–H groups in total. The van der Waals surface area contributed by atoms with Crippen LogP contribution in [0.4, 0.5) is 0 Å². The van der Waals surface area contributed by atoms with E-state index in [1.807, 2.05) is 51.1 Å². The average molecular weight is 234 g/mol. The van der Waals surface area contributed by atoms with Crippen molar-refractivity contribution in [2.75, 3.05) is 0 Å². The van der Waals surface area contributed by atoms with Crippen LogP contribution in [0.1, 0.15) is 23.7 Å². The summed E-state index contributed by atoms with van der Waals surface area (Å²) in [6.07, 6.45) is 7.82. The van der Waals surface area contributed by atoms with Crippen molar-refractivity contribution in [3.63, 3.8) is 0 Å². The lowest BCUT2D eigenvalue weighted by molar-refractivity contribution is 1.16. The molecule has 0 unspecified atom stereocenters. The monoisotopic (exact) mass is 233 g/mol. The molecule has 2 heteroatoms. The summed E-state index contributed by atoms with van der Waals surface area (Å²) < 4.78 is 0. The second-order valence-corrected chi connectivity index (χ2v) is 3.94. The molecule has 0 aromatic carbocycles. The van der Waals surface area contributed by atoms with E-state index in [1.54, 1.807) is 0 Å². The number of allylic oxidation sites excluding steroid dienone is 5. The number of nitrogens with zero attached hydrogens (tertiary/aromatic N) is 1. The van der Waals surface area contributed by atoms with Crippen LogP contribution >= 0.6 is 11.6 Å². The first-order chi connectivity index (χ1) is 7.60. The van der Waals surface area contributed by atoms with Gasteiger partial charge in [0.2, 0.25) is 0 Å². The number of halogens is 1. The van der Waals surface area contributed by atoms with E-state index < -0.39 is 0 Å². The Morgan fingerprint density at radius 2 is 2.12 bits per heavy atom. The minimum atomic E-state index is 0.559. The summed E-state index contributed by atoms with van der Waals surface area (Å²) in [5, 5.41) is 0.559. The molecule has 0 atom stereocenters. The minimum absolute atomic E-state index is 0.559. The van der Waals surface area contributed by atoms with E-state index in [4.69, 9.17) is 11.6 Å². The highest BCUT2D eigenvalue weighted by Gasteiger charge is 2.07. The maximum atomic E-state index is 6.06. The zero-order valence-electron chi connectivity index (χ0n) is 9.92. The molecule has 1 nitrogen and oxygen atoms in total. The Hall–Kier alpha value is -1.34. The molecule has 0 radical (unpaired) electrons. The van der Waals surface area contributed by atoms with Crippen molar-refractivity contribution >= 4 is 17.2 Å². The highest BCUT2D eigenvalue weighted by molar-refractivity contribution is 6.30. The molecule has 0 saturated carbocycles. The fourth-order valence-corrected chi connectivity index (χ4v) is 1.70. The lowest BCUT2D eigenvalue weighted by atomic mass is 10.0. The number of rotatable bonds is 3. The Morgan fingerprint density at radius 3 is 2.69 bits per heavy atom. The molecule has 0 bridgehead atoms. The van der Waals surface area contributed by atoms with E-state index in [0.29, 0.717) is 5.15 Å². The first kappa shape index (κ1) is 12.7. The molecule has 0 aliphatic carbocycles. The van der Waals surface area contributed by atoms with Crippen molar-refractivity contribution in [3.05, 3.63) is 58.9 Å². The standard InChI is InChI=1S/C14H16ClN/c1-5-7-8-12(6-2)13-9-10(3)16-14(15)11(13)4/h5-9H,2H2,1,3-4H3/b7-5-,12-8+. The third-order valence-electron chi connectivity index (χ3n) is 2.34. The van der Waals surface area contributed by atoms with Crippen LogP contribution in [0.15, 0.2) is 36.9 Å². The quantitative estimate of drug-likeness (QED) is 0.554. The maximum absolute atomic E-state index is 6.06. The van der Waals surface area contributed by atoms with E-state index in [1.165, 1.54) is 0 Å². The summed E-state index contributed by atoms with van der Waals surface area (Å²) in [7, 11) is 0. The summed E-state index contributed by atoms with van der Waals surface area (Å²) in [4.78, 5) is 4.22. The molecule has 84 valence electrons. The molecule has 0 spiro atoms. The fraction of sp³-hybridized carbons (Fsp3) is 0.214. The van der Waals surface area contributed by atoms with Gasteiger partial charge in [-0.2, -0.15) is 0 Å². The first-order valence-electron chi connectivity index (χ1n) is 5.19. The summed E-state index contributed by atoms with van der Waals surface area (Å²) in [6.45, 7) is 9.71. The average Bonchev–Trinajstić information content (AvgIpc) is 2.25. The SMILES string of the molecule is C=C/C(=C\C=C/C)c1cc(C)nc(Cl)c1C. The van der Waals surface area contributed by atoms with Crippen molar-refractivity contribution in [3.8, 4) is 0 Å². The maximum Gasteiger partial charge on any atom is 0.132 e. The van der Waals surface area contributed by atoms with Gasteiger partial charge in [-0.05, 0) is 43.5 Å². The third-order valence-corrected chi connectivity index (χ3v) is 2.71. The Kier molecular flexibility index (Phi) is 4.51. The summed E-state index contributed by atoms with van der Waals surface area (Å²) >= 11 is 6.06. The molecule has 1 heterocycles. The Morgan fingerprint density at radius 1 is 1.44 bits per heavy atom. The number of aromatic nitrogens is 1. The Bertz CT molecular complexity index is 456. The van der Waals surface area contributed by atoms with Crippen molar-refractivity contribution in [2.24, 2.45) is 0 Å². The predicted molar refractivity (Wildman–Crippen MR) is 71.7 cm³/mol. The first-order valence-corrected chi connectivity index (χ1v) is 5.57. The van der Waals surface area contributed by atoms with Gasteiger partial charge in [0.1, 0.15) is 5.15 Å². The van der Waals surface area contributed by atoms with Crippen molar-refractivity contribution in [1.82, 2.24) is 4.98 Å². The highest BCUT2D eigenvalue weighted by atomic mass is 35.5. The summed E-state index contributed by atoms with van der Waals surface area (Å²) in [5.41, 5.74) is 4.05. The van der Waals surface area contributed by atoms with Crippen LogP contribution in [-0.2, 0) is 0 Å². The molecular weight excluding hydrogens is 218 g/mol. The lowest BCUT2D eigenvalue weighted by Crippen LogP contribution is -1.93. The molecule has 16 heavy (non-hydrogen) atoms. The van der Waals surface area contributed by atoms with E-state index in [-0.39, 0.29) is 0 Å². The van der Waals surface area contributed by atoms with E-state index in [9.17, 15) is 0 Å². The molecule has 0 aliphatic heterocycles. The molecule has 1 aromatic rings. The normalized spacial score (nSPS) is 12.1. The second kappa shape index (κ2) is 5.66. The predicted octanol–water partition coefficient (Wildman–Crippen LogP) is 4.50. The van der Waals surface area contributed by atoms with E-state index >= 15 is 0 Å². The van der Waals surface area contributed by atoms with Crippen molar-refractivity contribution in [2.45, 2.75) is 20.8 Å². The van der Waals surface area contributed by atoms with Crippen LogP contribution in [0.3, 0.4) is 0 Å². The number of pyridine rings is 1. The molecule has 0 amide bonds. The molecule has 0 fully saturated rings. The summed E-state index contributed by atoms with van der Waals surface area (Å²) in [5.74, 6) is 0. The zero-order chi connectivity index (χ0) is 12.1. The Balaban J connectivity index is 3.35. The highest BCUT2D eigenvalue weighted by Crippen LogP contribution is 2.25. The number of hydrogen-bond acceptors (Lipinski definition) is 1. The second-order valence-electron chi connectivity index (χ2n) is 3.58. The lowest BCUT2D eigenvalue weighted by Gasteiger charge is -2.09. The van der Waals surface area contributed by atoms with Crippen molar-refractivity contribution < 1.29 is 0 Å². The zero-order valence-corrected chi connectivity index (χ0v) is 10.7. The third kappa shape index (κ3) is 2.83. The van der Waals surface area contributed by atoms with Gasteiger partial charge in [0.05, 0.1) is 0 Å². The largest absolute Gasteiger partial charge is 0.241 e. The molecule has 1 aromatic heterocycles. The van der Waals surface area contributed by atoms with Gasteiger partial charge < -0.3 is 0 Å². The molecular formula is C14H16ClN. The van der Waals surface area contributed by atoms with Crippen LogP contribution in [0.2, 0.25) is 5.15 Å². The van der Waals surface area contributed by atoms with Gasteiger partial charge in [-0.3, -0.25) is 0 Å². The summed E-state index contributed by atoms with van der Waals surface area (Å²) in [6, 6.07) is 2.03. The minimum Gasteiger partial charge on any atom is -0.241 e. The number of hydrogen-bond donors (Lipinski definition) is 0. The van der Waals surface area contributed by atoms with Crippen LogP contribution in [0.25, 0.3) is 5.57 Å². The Labute approximate surface area is 102 Å². The van der Waals surface area contributed by atoms with Crippen LogP contribution in [0.5, 0.6) is 0 Å². The van der Waals surface area contributed by atoms with Gasteiger partial charge in [-0.1, -0.05) is 42.5 Å². The smallest absolute Gasteiger partial charge is 0.132 e. The van der Waals surface area contributed by atoms with Gasteiger partial charge in [0.15, 0.2) is 0 Å². The van der Waals surface area contributed by atoms with Crippen LogP contribution in [0, 0.1) is 13.8 Å². The molecule has 1 rings (SSSR count). The van der Waals surface area contributed by atoms with Crippen LogP contribution in [-0.4, -0.2) is 4.98 Å². The fourth-order valence-electron chi connectivity index (χ4n) is 1.47.